The minimum atomic E-state index is -0.226. The summed E-state index contributed by atoms with van der Waals surface area (Å²) in [5, 5.41) is 2.62. The number of ether oxygens (including phenoxy) is 1. The van der Waals surface area contributed by atoms with Gasteiger partial charge in [-0.2, -0.15) is 0 Å². The Morgan fingerprint density at radius 1 is 1.73 bits per heavy atom. The highest BCUT2D eigenvalue weighted by Crippen LogP contribution is 1.77. The van der Waals surface area contributed by atoms with Crippen molar-refractivity contribution in [3.63, 3.8) is 0 Å². The molecule has 0 aromatic rings. The Bertz CT molecular complexity index is 171. The molecular formula is C7H10INO2. The van der Waals surface area contributed by atoms with Crippen molar-refractivity contribution in [1.29, 1.82) is 0 Å². The van der Waals surface area contributed by atoms with E-state index < -0.39 is 0 Å². The number of methoxy groups -OCH3 is 1. The summed E-state index contributed by atoms with van der Waals surface area (Å²) in [6.45, 7) is 1.29. The van der Waals surface area contributed by atoms with Gasteiger partial charge in [-0.05, 0) is 10.3 Å². The molecule has 1 N–H and O–H groups in total. The Morgan fingerprint density at radius 2 is 2.45 bits per heavy atom. The van der Waals surface area contributed by atoms with Gasteiger partial charge in [0.2, 0.25) is 0 Å². The molecule has 0 aliphatic rings. The number of nitrogens with one attached hydrogen (secondary N) is 1. The molecule has 0 fully saturated rings. The third-order valence-electron chi connectivity index (χ3n) is 0.972. The first kappa shape index (κ1) is 10.7. The lowest BCUT2D eigenvalue weighted by atomic mass is 10.4. The second kappa shape index (κ2) is 7.82. The molecule has 0 rings (SSSR count). The quantitative estimate of drug-likeness (QED) is 0.458. The van der Waals surface area contributed by atoms with Crippen LogP contribution in [0.2, 0.25) is 0 Å². The fourth-order valence-electron chi connectivity index (χ4n) is 0.506. The maximum atomic E-state index is 10.7. The number of hydrogen-bond donors (Lipinski definition) is 1. The first-order chi connectivity index (χ1) is 5.31. The van der Waals surface area contributed by atoms with E-state index in [4.69, 9.17) is 4.74 Å². The maximum absolute atomic E-state index is 10.7. The fourth-order valence-corrected chi connectivity index (χ4v) is 0.750. The molecule has 0 heterocycles. The minimum Gasteiger partial charge on any atom is -0.385 e. The predicted octanol–water partition coefficient (Wildman–Crippen LogP) is 0.535. The second-order valence-electron chi connectivity index (χ2n) is 1.82. The summed E-state index contributed by atoms with van der Waals surface area (Å²) in [4.78, 5) is 10.7. The molecule has 0 saturated heterocycles. The van der Waals surface area contributed by atoms with Crippen molar-refractivity contribution in [3.8, 4) is 9.85 Å². The van der Waals surface area contributed by atoms with Gasteiger partial charge >= 0.3 is 0 Å². The summed E-state index contributed by atoms with van der Waals surface area (Å²) in [5.41, 5.74) is 0. The molecule has 0 radical (unpaired) electrons. The van der Waals surface area contributed by atoms with Crippen LogP contribution in [0.3, 0.4) is 0 Å². The van der Waals surface area contributed by atoms with Crippen LogP contribution in [0.15, 0.2) is 0 Å². The molecule has 0 saturated carbocycles. The summed E-state index contributed by atoms with van der Waals surface area (Å²) in [6, 6.07) is 0. The largest absolute Gasteiger partial charge is 0.385 e. The standard InChI is InChI=1S/C7H10INO2/c1-11-6-2-5-9-7(10)3-4-8/h2,5-6H2,1H3,(H,9,10). The predicted molar refractivity (Wildman–Crippen MR) is 51.3 cm³/mol. The molecule has 62 valence electrons. The summed E-state index contributed by atoms with van der Waals surface area (Å²) >= 11 is 1.82. The molecule has 4 heteroatoms. The third-order valence-corrected chi connectivity index (χ3v) is 1.24. The number of rotatable bonds is 4. The van der Waals surface area contributed by atoms with Crippen molar-refractivity contribution in [1.82, 2.24) is 5.32 Å². The smallest absolute Gasteiger partial charge is 0.296 e. The molecule has 0 bridgehead atoms. The Hall–Kier alpha value is -0.280. The average molecular weight is 267 g/mol. The van der Waals surface area contributed by atoms with Crippen LogP contribution in [0.4, 0.5) is 0 Å². The molecule has 0 aliphatic carbocycles. The monoisotopic (exact) mass is 267 g/mol. The Labute approximate surface area is 80.0 Å². The van der Waals surface area contributed by atoms with E-state index in [0.29, 0.717) is 13.2 Å². The van der Waals surface area contributed by atoms with Crippen LogP contribution in [-0.2, 0) is 9.53 Å². The number of carbonyl (C=O) groups is 1. The van der Waals surface area contributed by atoms with Crippen molar-refractivity contribution in [2.45, 2.75) is 6.42 Å². The summed E-state index contributed by atoms with van der Waals surface area (Å²) in [5.74, 6) is 2.14. The van der Waals surface area contributed by atoms with E-state index in [1.165, 1.54) is 0 Å². The molecule has 0 spiro atoms. The molecule has 0 aromatic carbocycles. The zero-order chi connectivity index (χ0) is 8.53. The van der Waals surface area contributed by atoms with Gasteiger partial charge in [-0.1, -0.05) is 0 Å². The topological polar surface area (TPSA) is 38.3 Å². The molecular weight excluding hydrogens is 257 g/mol. The van der Waals surface area contributed by atoms with Gasteiger partial charge in [0.25, 0.3) is 5.91 Å². The Kier molecular flexibility index (Phi) is 7.62. The van der Waals surface area contributed by atoms with Crippen LogP contribution in [0.25, 0.3) is 0 Å². The van der Waals surface area contributed by atoms with Crippen LogP contribution < -0.4 is 5.32 Å². The van der Waals surface area contributed by atoms with Gasteiger partial charge in [-0.3, -0.25) is 4.79 Å². The normalized spacial score (nSPS) is 8.18. The van der Waals surface area contributed by atoms with E-state index in [0.717, 1.165) is 6.42 Å². The minimum absolute atomic E-state index is 0.226. The van der Waals surface area contributed by atoms with Crippen molar-refractivity contribution >= 4 is 28.5 Å². The van der Waals surface area contributed by atoms with Crippen LogP contribution >= 0.6 is 22.6 Å². The van der Waals surface area contributed by atoms with E-state index in [1.54, 1.807) is 7.11 Å². The van der Waals surface area contributed by atoms with Crippen molar-refractivity contribution in [2.24, 2.45) is 0 Å². The van der Waals surface area contributed by atoms with E-state index in [9.17, 15) is 4.79 Å². The number of carbonyl (C=O) groups excluding carboxylic acids is 1. The number of halogens is 1. The van der Waals surface area contributed by atoms with Gasteiger partial charge in [0.1, 0.15) is 0 Å². The van der Waals surface area contributed by atoms with Gasteiger partial charge in [0.15, 0.2) is 0 Å². The zero-order valence-corrected chi connectivity index (χ0v) is 8.47. The van der Waals surface area contributed by atoms with Gasteiger partial charge in [0, 0.05) is 48.8 Å². The highest BCUT2D eigenvalue weighted by Gasteiger charge is 1.92. The first-order valence-corrected chi connectivity index (χ1v) is 4.27. The lowest BCUT2D eigenvalue weighted by Gasteiger charge is -1.98. The molecule has 1 amide bonds. The molecule has 0 aromatic heterocycles. The Balaban J connectivity index is 3.22. The van der Waals surface area contributed by atoms with Gasteiger partial charge in [-0.25, -0.2) is 0 Å². The molecule has 11 heavy (non-hydrogen) atoms. The molecule has 3 nitrogen and oxygen atoms in total. The third kappa shape index (κ3) is 7.62. The van der Waals surface area contributed by atoms with E-state index in [2.05, 4.69) is 15.2 Å². The number of amides is 1. The summed E-state index contributed by atoms with van der Waals surface area (Å²) in [6.07, 6.45) is 0.825. The van der Waals surface area contributed by atoms with Crippen LogP contribution in [0, 0.1) is 9.85 Å². The maximum Gasteiger partial charge on any atom is 0.296 e. The lowest BCUT2D eigenvalue weighted by molar-refractivity contribution is -0.115. The van der Waals surface area contributed by atoms with Gasteiger partial charge in [0.05, 0.1) is 0 Å². The SMILES string of the molecule is COCCCNC(=O)C#CI. The second-order valence-corrected chi connectivity index (χ2v) is 2.36. The van der Waals surface area contributed by atoms with Crippen LogP contribution in [-0.4, -0.2) is 26.2 Å². The lowest BCUT2D eigenvalue weighted by Crippen LogP contribution is -2.23. The summed E-state index contributed by atoms with van der Waals surface area (Å²) in [7, 11) is 1.63. The van der Waals surface area contributed by atoms with E-state index in [1.807, 2.05) is 22.6 Å². The molecule has 0 unspecified atom stereocenters. The molecule has 0 atom stereocenters. The fraction of sp³-hybridized carbons (Fsp3) is 0.571. The zero-order valence-electron chi connectivity index (χ0n) is 6.32. The van der Waals surface area contributed by atoms with Crippen LogP contribution in [0.5, 0.6) is 0 Å². The Morgan fingerprint density at radius 3 is 3.00 bits per heavy atom. The van der Waals surface area contributed by atoms with Gasteiger partial charge < -0.3 is 10.1 Å². The van der Waals surface area contributed by atoms with Crippen molar-refractivity contribution in [2.75, 3.05) is 20.3 Å². The van der Waals surface area contributed by atoms with Crippen molar-refractivity contribution in [3.05, 3.63) is 0 Å². The highest BCUT2D eigenvalue weighted by molar-refractivity contribution is 14.1. The number of hydrogen-bond acceptors (Lipinski definition) is 2. The van der Waals surface area contributed by atoms with E-state index >= 15 is 0 Å². The average Bonchev–Trinajstić information content (AvgIpc) is 1.99. The van der Waals surface area contributed by atoms with Crippen molar-refractivity contribution < 1.29 is 9.53 Å². The summed E-state index contributed by atoms with van der Waals surface area (Å²) < 4.78 is 7.28. The highest BCUT2D eigenvalue weighted by atomic mass is 127. The molecule has 0 aliphatic heterocycles. The first-order valence-electron chi connectivity index (χ1n) is 3.19. The van der Waals surface area contributed by atoms with Gasteiger partial charge in [-0.15, -0.1) is 0 Å². The van der Waals surface area contributed by atoms with E-state index in [-0.39, 0.29) is 5.91 Å². The van der Waals surface area contributed by atoms with Crippen LogP contribution in [0.1, 0.15) is 6.42 Å².